The summed E-state index contributed by atoms with van der Waals surface area (Å²) in [4.78, 5) is 23.2. The molecule has 104 valence electrons. The van der Waals surface area contributed by atoms with E-state index in [9.17, 15) is 14.7 Å². The fourth-order valence-corrected chi connectivity index (χ4v) is 1.75. The standard InChI is InChI=1S/C14H20N2O3/c1-3-9(2)11(13(15)18)16-14(19)12(17)10-7-5-4-6-8-10/h4-9,11-12,17H,3H2,1-2H3,(H2,15,18)(H,16,19)/t9-,11+,12-/m0/s1. The Kier molecular flexibility index (Phi) is 5.51. The van der Waals surface area contributed by atoms with E-state index in [-0.39, 0.29) is 5.92 Å². The zero-order valence-corrected chi connectivity index (χ0v) is 11.2. The number of nitrogens with one attached hydrogen (secondary N) is 1. The van der Waals surface area contributed by atoms with Gasteiger partial charge in [-0.05, 0) is 11.5 Å². The molecule has 0 heterocycles. The smallest absolute Gasteiger partial charge is 0.254 e. The molecule has 0 fully saturated rings. The Balaban J connectivity index is 2.75. The lowest BCUT2D eigenvalue weighted by Crippen LogP contribution is -2.49. The van der Waals surface area contributed by atoms with E-state index in [0.29, 0.717) is 12.0 Å². The molecule has 0 aliphatic rings. The lowest BCUT2D eigenvalue weighted by atomic mass is 9.98. The molecule has 19 heavy (non-hydrogen) atoms. The number of carbonyl (C=O) groups excluding carboxylic acids is 2. The van der Waals surface area contributed by atoms with Crippen LogP contribution >= 0.6 is 0 Å². The molecule has 0 saturated carbocycles. The van der Waals surface area contributed by atoms with Crippen molar-refractivity contribution in [3.05, 3.63) is 35.9 Å². The lowest BCUT2D eigenvalue weighted by molar-refractivity contribution is -0.134. The van der Waals surface area contributed by atoms with Crippen LogP contribution in [0, 0.1) is 5.92 Å². The highest BCUT2D eigenvalue weighted by atomic mass is 16.3. The van der Waals surface area contributed by atoms with Crippen molar-refractivity contribution in [2.24, 2.45) is 11.7 Å². The van der Waals surface area contributed by atoms with Crippen LogP contribution in [0.3, 0.4) is 0 Å². The highest BCUT2D eigenvalue weighted by molar-refractivity contribution is 5.89. The Morgan fingerprint density at radius 3 is 2.37 bits per heavy atom. The minimum atomic E-state index is -1.30. The summed E-state index contributed by atoms with van der Waals surface area (Å²) >= 11 is 0. The molecular formula is C14H20N2O3. The van der Waals surface area contributed by atoms with Crippen LogP contribution in [0.5, 0.6) is 0 Å². The van der Waals surface area contributed by atoms with Gasteiger partial charge in [0.1, 0.15) is 6.04 Å². The van der Waals surface area contributed by atoms with Gasteiger partial charge in [-0.25, -0.2) is 0 Å². The highest BCUT2D eigenvalue weighted by Crippen LogP contribution is 2.14. The van der Waals surface area contributed by atoms with E-state index in [1.165, 1.54) is 0 Å². The molecule has 0 saturated heterocycles. The molecule has 0 aliphatic carbocycles. The Morgan fingerprint density at radius 1 is 1.32 bits per heavy atom. The van der Waals surface area contributed by atoms with Gasteiger partial charge in [-0.3, -0.25) is 9.59 Å². The van der Waals surface area contributed by atoms with E-state index in [1.54, 1.807) is 30.3 Å². The number of rotatable bonds is 6. The monoisotopic (exact) mass is 264 g/mol. The minimum absolute atomic E-state index is 0.0792. The summed E-state index contributed by atoms with van der Waals surface area (Å²) in [6, 6.07) is 7.77. The number of aliphatic hydroxyl groups is 1. The van der Waals surface area contributed by atoms with Crippen LogP contribution in [0.1, 0.15) is 31.9 Å². The Hall–Kier alpha value is -1.88. The quantitative estimate of drug-likeness (QED) is 0.707. The van der Waals surface area contributed by atoms with Gasteiger partial charge >= 0.3 is 0 Å². The maximum atomic E-state index is 11.9. The van der Waals surface area contributed by atoms with Crippen molar-refractivity contribution in [3.63, 3.8) is 0 Å². The van der Waals surface area contributed by atoms with Crippen molar-refractivity contribution in [1.29, 1.82) is 0 Å². The van der Waals surface area contributed by atoms with E-state index < -0.39 is 24.0 Å². The van der Waals surface area contributed by atoms with Crippen LogP contribution < -0.4 is 11.1 Å². The fraction of sp³-hybridized carbons (Fsp3) is 0.429. The summed E-state index contributed by atoms with van der Waals surface area (Å²) in [6.45, 7) is 3.73. The Morgan fingerprint density at radius 2 is 1.89 bits per heavy atom. The summed E-state index contributed by atoms with van der Waals surface area (Å²) in [5.41, 5.74) is 5.74. The topological polar surface area (TPSA) is 92.4 Å². The molecule has 1 aromatic rings. The molecule has 0 radical (unpaired) electrons. The molecule has 5 heteroatoms. The van der Waals surface area contributed by atoms with Gasteiger partial charge in [0.05, 0.1) is 0 Å². The third kappa shape index (κ3) is 4.06. The fourth-order valence-electron chi connectivity index (χ4n) is 1.75. The average molecular weight is 264 g/mol. The lowest BCUT2D eigenvalue weighted by Gasteiger charge is -2.22. The molecule has 0 spiro atoms. The molecule has 3 atom stereocenters. The number of hydrogen-bond acceptors (Lipinski definition) is 3. The van der Waals surface area contributed by atoms with Gasteiger partial charge in [0, 0.05) is 0 Å². The molecular weight excluding hydrogens is 244 g/mol. The van der Waals surface area contributed by atoms with Crippen molar-refractivity contribution in [3.8, 4) is 0 Å². The summed E-state index contributed by atoms with van der Waals surface area (Å²) in [6.07, 6.45) is -0.595. The Bertz CT molecular complexity index is 434. The van der Waals surface area contributed by atoms with Crippen LogP contribution in [0.4, 0.5) is 0 Å². The first-order chi connectivity index (χ1) is 8.97. The normalized spacial score (nSPS) is 15.3. The minimum Gasteiger partial charge on any atom is -0.378 e. The molecule has 1 rings (SSSR count). The van der Waals surface area contributed by atoms with Gasteiger partial charge in [-0.15, -0.1) is 0 Å². The molecule has 0 aromatic heterocycles. The maximum absolute atomic E-state index is 11.9. The van der Waals surface area contributed by atoms with Crippen molar-refractivity contribution >= 4 is 11.8 Å². The van der Waals surface area contributed by atoms with Gasteiger partial charge in [-0.1, -0.05) is 50.6 Å². The second-order valence-corrected chi connectivity index (χ2v) is 4.59. The molecule has 2 amide bonds. The number of carbonyl (C=O) groups is 2. The third-order valence-electron chi connectivity index (χ3n) is 3.18. The van der Waals surface area contributed by atoms with E-state index in [2.05, 4.69) is 5.32 Å². The van der Waals surface area contributed by atoms with Gasteiger partial charge in [0.15, 0.2) is 6.10 Å². The van der Waals surface area contributed by atoms with Crippen molar-refractivity contribution < 1.29 is 14.7 Å². The second-order valence-electron chi connectivity index (χ2n) is 4.59. The highest BCUT2D eigenvalue weighted by Gasteiger charge is 2.27. The van der Waals surface area contributed by atoms with Crippen molar-refractivity contribution in [2.45, 2.75) is 32.4 Å². The van der Waals surface area contributed by atoms with Gasteiger partial charge in [0.25, 0.3) is 5.91 Å². The van der Waals surface area contributed by atoms with E-state index >= 15 is 0 Å². The Labute approximate surface area is 112 Å². The summed E-state index contributed by atoms with van der Waals surface area (Å²) in [5, 5.41) is 12.4. The summed E-state index contributed by atoms with van der Waals surface area (Å²) in [5.74, 6) is -1.29. The number of benzene rings is 1. The average Bonchev–Trinajstić information content (AvgIpc) is 2.43. The zero-order chi connectivity index (χ0) is 14.4. The summed E-state index contributed by atoms with van der Waals surface area (Å²) in [7, 11) is 0. The van der Waals surface area contributed by atoms with Crippen LogP contribution in [0.2, 0.25) is 0 Å². The molecule has 0 aliphatic heterocycles. The number of amides is 2. The van der Waals surface area contributed by atoms with Crippen LogP contribution in [0.15, 0.2) is 30.3 Å². The van der Waals surface area contributed by atoms with Crippen LogP contribution in [-0.4, -0.2) is 23.0 Å². The molecule has 5 nitrogen and oxygen atoms in total. The largest absolute Gasteiger partial charge is 0.378 e. The van der Waals surface area contributed by atoms with Gasteiger partial charge in [0.2, 0.25) is 5.91 Å². The van der Waals surface area contributed by atoms with E-state index in [4.69, 9.17) is 5.73 Å². The maximum Gasteiger partial charge on any atom is 0.254 e. The number of primary amides is 1. The van der Waals surface area contributed by atoms with Crippen LogP contribution in [0.25, 0.3) is 0 Å². The summed E-state index contributed by atoms with van der Waals surface area (Å²) < 4.78 is 0. The second kappa shape index (κ2) is 6.89. The van der Waals surface area contributed by atoms with E-state index in [1.807, 2.05) is 13.8 Å². The van der Waals surface area contributed by atoms with Crippen molar-refractivity contribution in [2.75, 3.05) is 0 Å². The first-order valence-electron chi connectivity index (χ1n) is 6.30. The molecule has 0 bridgehead atoms. The number of hydrogen-bond donors (Lipinski definition) is 3. The van der Waals surface area contributed by atoms with Gasteiger partial charge < -0.3 is 16.2 Å². The number of nitrogens with two attached hydrogens (primary N) is 1. The first-order valence-corrected chi connectivity index (χ1v) is 6.30. The van der Waals surface area contributed by atoms with Crippen LogP contribution in [-0.2, 0) is 9.59 Å². The predicted octanol–water partition coefficient (Wildman–Crippen LogP) is 0.736. The van der Waals surface area contributed by atoms with Crippen molar-refractivity contribution in [1.82, 2.24) is 5.32 Å². The zero-order valence-electron chi connectivity index (χ0n) is 11.2. The first kappa shape index (κ1) is 15.2. The van der Waals surface area contributed by atoms with Gasteiger partial charge in [-0.2, -0.15) is 0 Å². The predicted molar refractivity (Wildman–Crippen MR) is 72.0 cm³/mol. The molecule has 4 N–H and O–H groups in total. The van der Waals surface area contributed by atoms with E-state index in [0.717, 1.165) is 0 Å². The third-order valence-corrected chi connectivity index (χ3v) is 3.18. The molecule has 1 aromatic carbocycles. The SMILES string of the molecule is CC[C@H](C)[C@@H](NC(=O)[C@@H](O)c1ccccc1)C(N)=O. The number of aliphatic hydroxyl groups excluding tert-OH is 1. The molecule has 0 unspecified atom stereocenters.